The Labute approximate surface area is 194 Å². The van der Waals surface area contributed by atoms with Gasteiger partial charge in [0.25, 0.3) is 5.91 Å². The Hall–Kier alpha value is -3.12. The Morgan fingerprint density at radius 1 is 1.06 bits per heavy atom. The van der Waals surface area contributed by atoms with E-state index in [1.54, 1.807) is 13.2 Å². The Kier molecular flexibility index (Phi) is 7.45. The average Bonchev–Trinajstić information content (AvgIpc) is 3.13. The Balaban J connectivity index is 1.55. The van der Waals surface area contributed by atoms with Crippen molar-refractivity contribution in [2.75, 3.05) is 26.7 Å². The van der Waals surface area contributed by atoms with Gasteiger partial charge in [0.2, 0.25) is 0 Å². The zero-order valence-corrected chi connectivity index (χ0v) is 19.4. The van der Waals surface area contributed by atoms with Gasteiger partial charge in [-0.05, 0) is 67.7 Å². The van der Waals surface area contributed by atoms with Gasteiger partial charge in [0.15, 0.2) is 11.2 Å². The Morgan fingerprint density at radius 3 is 2.45 bits per heavy atom. The summed E-state index contributed by atoms with van der Waals surface area (Å²) in [6.07, 6.45) is 5.61. The summed E-state index contributed by atoms with van der Waals surface area (Å²) < 4.78 is 11.1. The lowest BCUT2D eigenvalue weighted by Gasteiger charge is -2.31. The smallest absolute Gasteiger partial charge is 0.287 e. The molecule has 1 aliphatic heterocycles. The number of hydrogen-bond donors (Lipinski definition) is 1. The summed E-state index contributed by atoms with van der Waals surface area (Å²) in [6, 6.07) is 14.9. The van der Waals surface area contributed by atoms with Crippen molar-refractivity contribution in [3.63, 3.8) is 0 Å². The predicted molar refractivity (Wildman–Crippen MR) is 130 cm³/mol. The van der Waals surface area contributed by atoms with Gasteiger partial charge in [-0.15, -0.1) is 0 Å². The highest BCUT2D eigenvalue weighted by atomic mass is 16.5. The molecule has 6 heteroatoms. The number of carbonyl (C=O) groups is 1. The first-order chi connectivity index (χ1) is 16.1. The summed E-state index contributed by atoms with van der Waals surface area (Å²) in [6.45, 7) is 4.46. The standard InChI is InChI=1S/C27H32N2O4/c1-3-19-8-13-25-22(16-19)24(30)17-26(33-25)27(31)28-18-23(29-14-6-4-5-7-15-29)20-9-11-21(32-2)12-10-20/h8-13,16-17,23H,3-7,14-15,18H2,1-2H3,(H,28,31)/t23-/m1/s1. The Morgan fingerprint density at radius 2 is 1.79 bits per heavy atom. The van der Waals surface area contributed by atoms with Gasteiger partial charge in [-0.3, -0.25) is 14.5 Å². The summed E-state index contributed by atoms with van der Waals surface area (Å²) in [5.41, 5.74) is 2.43. The van der Waals surface area contributed by atoms with Gasteiger partial charge in [0.05, 0.1) is 18.5 Å². The van der Waals surface area contributed by atoms with Gasteiger partial charge in [-0.1, -0.05) is 38.0 Å². The maximum atomic E-state index is 13.0. The van der Waals surface area contributed by atoms with Crippen LogP contribution in [0.5, 0.6) is 5.75 Å². The molecular weight excluding hydrogens is 416 g/mol. The number of aryl methyl sites for hydroxylation is 1. The van der Waals surface area contributed by atoms with Crippen LogP contribution in [0.1, 0.15) is 60.3 Å². The molecule has 6 nitrogen and oxygen atoms in total. The average molecular weight is 449 g/mol. The molecule has 1 saturated heterocycles. The van der Waals surface area contributed by atoms with Crippen molar-refractivity contribution in [1.29, 1.82) is 0 Å². The highest BCUT2D eigenvalue weighted by Crippen LogP contribution is 2.26. The summed E-state index contributed by atoms with van der Waals surface area (Å²) in [7, 11) is 1.65. The van der Waals surface area contributed by atoms with Crippen molar-refractivity contribution >= 4 is 16.9 Å². The van der Waals surface area contributed by atoms with Crippen LogP contribution in [0.4, 0.5) is 0 Å². The molecule has 0 aliphatic carbocycles. The third-order valence-corrected chi connectivity index (χ3v) is 6.46. The molecule has 0 radical (unpaired) electrons. The summed E-state index contributed by atoms with van der Waals surface area (Å²) >= 11 is 0. The normalized spacial score (nSPS) is 15.7. The minimum atomic E-state index is -0.373. The number of carbonyl (C=O) groups excluding carboxylic acids is 1. The molecule has 4 rings (SSSR count). The van der Waals surface area contributed by atoms with E-state index in [2.05, 4.69) is 22.3 Å². The van der Waals surface area contributed by atoms with Crippen LogP contribution in [0.2, 0.25) is 0 Å². The number of benzene rings is 2. The number of fused-ring (bicyclic) bond motifs is 1. The van der Waals surface area contributed by atoms with Crippen molar-refractivity contribution in [2.24, 2.45) is 0 Å². The van der Waals surface area contributed by atoms with Gasteiger partial charge in [0, 0.05) is 12.6 Å². The van der Waals surface area contributed by atoms with E-state index < -0.39 is 0 Å². The number of hydrogen-bond acceptors (Lipinski definition) is 5. The van der Waals surface area contributed by atoms with Crippen LogP contribution < -0.4 is 15.5 Å². The van der Waals surface area contributed by atoms with Gasteiger partial charge >= 0.3 is 0 Å². The number of nitrogens with zero attached hydrogens (tertiary/aromatic N) is 1. The Bertz CT molecular complexity index is 1140. The summed E-state index contributed by atoms with van der Waals surface area (Å²) in [5, 5.41) is 3.52. The third kappa shape index (κ3) is 5.45. The van der Waals surface area contributed by atoms with Crippen LogP contribution in [0.25, 0.3) is 11.0 Å². The van der Waals surface area contributed by atoms with E-state index in [0.717, 1.165) is 49.2 Å². The van der Waals surface area contributed by atoms with Crippen LogP contribution in [0.3, 0.4) is 0 Å². The number of likely N-dealkylation sites (tertiary alicyclic amines) is 1. The first-order valence-electron chi connectivity index (χ1n) is 11.8. The van der Waals surface area contributed by atoms with Crippen molar-refractivity contribution in [3.8, 4) is 5.75 Å². The predicted octanol–water partition coefficient (Wildman–Crippen LogP) is 4.71. The molecule has 1 atom stereocenters. The van der Waals surface area contributed by atoms with Crippen LogP contribution in [0.15, 0.2) is 57.7 Å². The monoisotopic (exact) mass is 448 g/mol. The van der Waals surface area contributed by atoms with E-state index in [1.807, 2.05) is 31.2 Å². The van der Waals surface area contributed by atoms with Crippen molar-refractivity contribution in [1.82, 2.24) is 10.2 Å². The highest BCUT2D eigenvalue weighted by Gasteiger charge is 2.23. The molecule has 174 valence electrons. The zero-order chi connectivity index (χ0) is 23.2. The molecule has 1 aliphatic rings. The van der Waals surface area contributed by atoms with E-state index in [0.29, 0.717) is 17.5 Å². The second-order valence-corrected chi connectivity index (χ2v) is 8.61. The molecule has 1 fully saturated rings. The van der Waals surface area contributed by atoms with Gasteiger partial charge in [-0.25, -0.2) is 0 Å². The van der Waals surface area contributed by atoms with Crippen LogP contribution in [0, 0.1) is 0 Å². The molecular formula is C27H32N2O4. The minimum absolute atomic E-state index is 0.0391. The number of amides is 1. The molecule has 33 heavy (non-hydrogen) atoms. The second-order valence-electron chi connectivity index (χ2n) is 8.61. The molecule has 2 heterocycles. The lowest BCUT2D eigenvalue weighted by molar-refractivity contribution is 0.0906. The number of methoxy groups -OCH3 is 1. The van der Waals surface area contributed by atoms with Crippen molar-refractivity contribution in [3.05, 3.63) is 75.6 Å². The van der Waals surface area contributed by atoms with Crippen LogP contribution in [-0.4, -0.2) is 37.6 Å². The fraction of sp³-hybridized carbons (Fsp3) is 0.407. The number of rotatable bonds is 7. The maximum Gasteiger partial charge on any atom is 0.287 e. The number of ether oxygens (including phenoxy) is 1. The molecule has 1 aromatic heterocycles. The fourth-order valence-electron chi connectivity index (χ4n) is 4.50. The van der Waals surface area contributed by atoms with E-state index in [9.17, 15) is 9.59 Å². The number of nitrogens with one attached hydrogen (secondary N) is 1. The topological polar surface area (TPSA) is 71.8 Å². The minimum Gasteiger partial charge on any atom is -0.497 e. The summed E-state index contributed by atoms with van der Waals surface area (Å²) in [5.74, 6) is 0.476. The molecule has 1 amide bonds. The fourth-order valence-corrected chi connectivity index (χ4v) is 4.50. The zero-order valence-electron chi connectivity index (χ0n) is 19.4. The lowest BCUT2D eigenvalue weighted by Crippen LogP contribution is -2.38. The largest absolute Gasteiger partial charge is 0.497 e. The van der Waals surface area contributed by atoms with Crippen molar-refractivity contribution < 1.29 is 13.9 Å². The maximum absolute atomic E-state index is 13.0. The molecule has 0 spiro atoms. The van der Waals surface area contributed by atoms with E-state index >= 15 is 0 Å². The lowest BCUT2D eigenvalue weighted by atomic mass is 10.0. The van der Waals surface area contributed by atoms with Crippen LogP contribution >= 0.6 is 0 Å². The molecule has 1 N–H and O–H groups in total. The van der Waals surface area contributed by atoms with E-state index in [-0.39, 0.29) is 23.1 Å². The van der Waals surface area contributed by atoms with E-state index in [1.165, 1.54) is 18.9 Å². The molecule has 0 bridgehead atoms. The SMILES string of the molecule is CCc1ccc2oc(C(=O)NC[C@H](c3ccc(OC)cc3)N3CCCCCC3)cc(=O)c2c1. The van der Waals surface area contributed by atoms with Crippen molar-refractivity contribution in [2.45, 2.75) is 45.1 Å². The third-order valence-electron chi connectivity index (χ3n) is 6.46. The summed E-state index contributed by atoms with van der Waals surface area (Å²) in [4.78, 5) is 28.0. The molecule has 2 aromatic carbocycles. The molecule has 0 unspecified atom stereocenters. The highest BCUT2D eigenvalue weighted by molar-refractivity contribution is 5.93. The molecule has 0 saturated carbocycles. The van der Waals surface area contributed by atoms with Gasteiger partial charge in [0.1, 0.15) is 11.3 Å². The van der Waals surface area contributed by atoms with E-state index in [4.69, 9.17) is 9.15 Å². The quantitative estimate of drug-likeness (QED) is 0.567. The first-order valence-corrected chi connectivity index (χ1v) is 11.8. The molecule has 3 aromatic rings. The second kappa shape index (κ2) is 10.7. The van der Waals surface area contributed by atoms with Crippen LogP contribution in [-0.2, 0) is 6.42 Å². The van der Waals surface area contributed by atoms with Gasteiger partial charge < -0.3 is 14.5 Å². The van der Waals surface area contributed by atoms with Gasteiger partial charge in [-0.2, -0.15) is 0 Å². The first kappa shape index (κ1) is 23.1.